The first-order valence-electron chi connectivity index (χ1n) is 4.23. The molecule has 0 amide bonds. The van der Waals surface area contributed by atoms with E-state index in [4.69, 9.17) is 10.8 Å². The number of aryl methyl sites for hydroxylation is 1. The third kappa shape index (κ3) is 1.87. The average molecular weight is 163 g/mol. The van der Waals surface area contributed by atoms with E-state index in [0.717, 1.165) is 17.4 Å². The topological polar surface area (TPSA) is 46.2 Å². The summed E-state index contributed by atoms with van der Waals surface area (Å²) in [7, 11) is 0.108. The van der Waals surface area contributed by atoms with E-state index in [1.165, 1.54) is 5.56 Å². The van der Waals surface area contributed by atoms with Gasteiger partial charge in [0.1, 0.15) is 0 Å². The minimum Gasteiger partial charge on any atom is -0.449 e. The van der Waals surface area contributed by atoms with Gasteiger partial charge in [0.05, 0.1) is 0 Å². The first kappa shape index (κ1) is 9.29. The summed E-state index contributed by atoms with van der Waals surface area (Å²) in [5, 5.41) is 9.03. The quantitative estimate of drug-likeness (QED) is 0.599. The van der Waals surface area contributed by atoms with Gasteiger partial charge in [-0.3, -0.25) is 0 Å². The van der Waals surface area contributed by atoms with E-state index in [1.54, 1.807) is 0 Å². The van der Waals surface area contributed by atoms with Crippen LogP contribution in [0.25, 0.3) is 0 Å². The Kier molecular flexibility index (Phi) is 3.32. The molecule has 0 aliphatic heterocycles. The summed E-state index contributed by atoms with van der Waals surface area (Å²) >= 11 is 0. The molecule has 0 fully saturated rings. The monoisotopic (exact) mass is 163 g/mol. The Morgan fingerprint density at radius 1 is 1.50 bits per heavy atom. The smallest absolute Gasteiger partial charge is 0.305 e. The third-order valence-corrected chi connectivity index (χ3v) is 2.06. The predicted octanol–water partition coefficient (Wildman–Crippen LogP) is -0.323. The van der Waals surface area contributed by atoms with Crippen LogP contribution in [0.3, 0.4) is 0 Å². The number of rotatable bonds is 3. The van der Waals surface area contributed by atoms with Crippen LogP contribution in [0.4, 0.5) is 0 Å². The molecule has 2 nitrogen and oxygen atoms in total. The zero-order valence-electron chi connectivity index (χ0n) is 7.38. The Labute approximate surface area is 73.7 Å². The predicted molar refractivity (Wildman–Crippen MR) is 52.7 cm³/mol. The molecule has 0 unspecified atom stereocenters. The van der Waals surface area contributed by atoms with Gasteiger partial charge in [0.25, 0.3) is 0 Å². The van der Waals surface area contributed by atoms with Crippen molar-refractivity contribution in [2.45, 2.75) is 19.9 Å². The van der Waals surface area contributed by atoms with Crippen LogP contribution in [-0.4, -0.2) is 12.5 Å². The highest BCUT2D eigenvalue weighted by Crippen LogP contribution is 2.01. The van der Waals surface area contributed by atoms with Gasteiger partial charge < -0.3 is 10.8 Å². The zero-order valence-corrected chi connectivity index (χ0v) is 7.38. The molecule has 0 aliphatic rings. The van der Waals surface area contributed by atoms with Crippen molar-refractivity contribution in [1.82, 2.24) is 0 Å². The summed E-state index contributed by atoms with van der Waals surface area (Å²) in [6.07, 6.45) is 0.959. The molecule has 0 aromatic heterocycles. The van der Waals surface area contributed by atoms with E-state index in [1.807, 2.05) is 18.2 Å². The van der Waals surface area contributed by atoms with E-state index < -0.39 is 0 Å². The number of hydrogen-bond donors (Lipinski definition) is 2. The highest BCUT2D eigenvalue weighted by atomic mass is 16.2. The summed E-state index contributed by atoms with van der Waals surface area (Å²) in [5.41, 5.74) is 8.77. The van der Waals surface area contributed by atoms with Gasteiger partial charge in [0.2, 0.25) is 0 Å². The van der Waals surface area contributed by atoms with Crippen LogP contribution in [0, 0.1) is 0 Å². The largest absolute Gasteiger partial charge is 0.449 e. The molecule has 3 heteroatoms. The summed E-state index contributed by atoms with van der Waals surface area (Å²) in [6, 6.07) is 6.02. The maximum Gasteiger partial charge on any atom is 0.305 e. The van der Waals surface area contributed by atoms with Gasteiger partial charge >= 0.3 is 7.48 Å². The standard InChI is InChI=1S/C9H14BNO/c1-2-8-4-3-7(6-11)5-9(8)10-12/h3-5,10,12H,2,6,11H2,1H3. The van der Waals surface area contributed by atoms with Crippen molar-refractivity contribution < 1.29 is 5.02 Å². The lowest BCUT2D eigenvalue weighted by Gasteiger charge is -2.05. The maximum absolute atomic E-state index is 9.03. The Hall–Kier alpha value is -0.795. The second kappa shape index (κ2) is 4.29. The van der Waals surface area contributed by atoms with Crippen molar-refractivity contribution in [1.29, 1.82) is 0 Å². The first-order valence-corrected chi connectivity index (χ1v) is 4.23. The molecule has 1 aromatic carbocycles. The fourth-order valence-corrected chi connectivity index (χ4v) is 1.30. The van der Waals surface area contributed by atoms with Gasteiger partial charge in [-0.1, -0.05) is 30.7 Å². The lowest BCUT2D eigenvalue weighted by atomic mass is 9.82. The highest BCUT2D eigenvalue weighted by Gasteiger charge is 2.01. The van der Waals surface area contributed by atoms with Crippen molar-refractivity contribution in [2.75, 3.05) is 0 Å². The molecule has 12 heavy (non-hydrogen) atoms. The Bertz CT molecular complexity index is 263. The van der Waals surface area contributed by atoms with Crippen LogP contribution in [0.2, 0.25) is 0 Å². The van der Waals surface area contributed by atoms with Crippen LogP contribution >= 0.6 is 0 Å². The third-order valence-electron chi connectivity index (χ3n) is 2.06. The van der Waals surface area contributed by atoms with E-state index in [-0.39, 0.29) is 7.48 Å². The highest BCUT2D eigenvalue weighted by molar-refractivity contribution is 6.46. The van der Waals surface area contributed by atoms with E-state index >= 15 is 0 Å². The molecular weight excluding hydrogens is 149 g/mol. The Morgan fingerprint density at radius 3 is 2.75 bits per heavy atom. The first-order chi connectivity index (χ1) is 5.81. The van der Waals surface area contributed by atoms with E-state index in [2.05, 4.69) is 6.92 Å². The van der Waals surface area contributed by atoms with Gasteiger partial charge in [-0.2, -0.15) is 0 Å². The molecule has 64 valence electrons. The number of nitrogens with two attached hydrogens (primary N) is 1. The van der Waals surface area contributed by atoms with E-state index in [0.29, 0.717) is 6.54 Å². The van der Waals surface area contributed by atoms with Gasteiger partial charge in [-0.25, -0.2) is 0 Å². The summed E-state index contributed by atoms with van der Waals surface area (Å²) in [4.78, 5) is 0. The molecular formula is C9H14BNO. The van der Waals surface area contributed by atoms with Crippen molar-refractivity contribution in [3.8, 4) is 0 Å². The van der Waals surface area contributed by atoms with Crippen LogP contribution in [0.5, 0.6) is 0 Å². The Balaban J connectivity index is 3.02. The molecule has 0 atom stereocenters. The second-order valence-corrected chi connectivity index (χ2v) is 2.82. The van der Waals surface area contributed by atoms with Crippen molar-refractivity contribution in [3.63, 3.8) is 0 Å². The molecule has 3 N–H and O–H groups in total. The summed E-state index contributed by atoms with van der Waals surface area (Å²) < 4.78 is 0. The van der Waals surface area contributed by atoms with Crippen LogP contribution in [0.1, 0.15) is 18.1 Å². The average Bonchev–Trinajstić information content (AvgIpc) is 2.16. The van der Waals surface area contributed by atoms with Gasteiger partial charge in [-0.15, -0.1) is 0 Å². The lowest BCUT2D eigenvalue weighted by Crippen LogP contribution is -2.20. The normalized spacial score (nSPS) is 9.92. The Morgan fingerprint density at radius 2 is 2.25 bits per heavy atom. The van der Waals surface area contributed by atoms with Crippen molar-refractivity contribution in [3.05, 3.63) is 29.3 Å². The zero-order chi connectivity index (χ0) is 8.97. The SMILES string of the molecule is CCc1ccc(CN)cc1BO. The molecule has 0 radical (unpaired) electrons. The molecule has 0 saturated heterocycles. The molecule has 1 aromatic rings. The molecule has 1 rings (SSSR count). The van der Waals surface area contributed by atoms with Gasteiger partial charge in [-0.05, 0) is 17.4 Å². The fraction of sp³-hybridized carbons (Fsp3) is 0.333. The summed E-state index contributed by atoms with van der Waals surface area (Å²) in [6.45, 7) is 2.62. The second-order valence-electron chi connectivity index (χ2n) is 2.82. The maximum atomic E-state index is 9.03. The van der Waals surface area contributed by atoms with Crippen LogP contribution in [-0.2, 0) is 13.0 Å². The number of hydrogen-bond acceptors (Lipinski definition) is 2. The van der Waals surface area contributed by atoms with E-state index in [9.17, 15) is 0 Å². The summed E-state index contributed by atoms with van der Waals surface area (Å²) in [5.74, 6) is 0. The fourth-order valence-electron chi connectivity index (χ4n) is 1.30. The van der Waals surface area contributed by atoms with Crippen LogP contribution in [0.15, 0.2) is 18.2 Å². The minimum absolute atomic E-state index is 0.108. The minimum atomic E-state index is 0.108. The molecule has 0 heterocycles. The molecule has 0 saturated carbocycles. The molecule has 0 aliphatic carbocycles. The lowest BCUT2D eigenvalue weighted by molar-refractivity contribution is 0.615. The number of benzene rings is 1. The molecule has 0 spiro atoms. The van der Waals surface area contributed by atoms with Gasteiger partial charge in [0.15, 0.2) is 0 Å². The van der Waals surface area contributed by atoms with Crippen LogP contribution < -0.4 is 11.2 Å². The van der Waals surface area contributed by atoms with Gasteiger partial charge in [0, 0.05) is 6.54 Å². The molecule has 0 bridgehead atoms. The van der Waals surface area contributed by atoms with Crippen molar-refractivity contribution >= 4 is 12.9 Å². The van der Waals surface area contributed by atoms with Crippen molar-refractivity contribution in [2.24, 2.45) is 5.73 Å².